The minimum atomic E-state index is -3.04. The molecule has 9 heteroatoms. The molecule has 4 N–H and O–H groups in total. The van der Waals surface area contributed by atoms with Crippen LogP contribution in [0, 0.1) is 0 Å². The topological polar surface area (TPSA) is 102 Å². The summed E-state index contributed by atoms with van der Waals surface area (Å²) in [6.07, 6.45) is 6.97. The summed E-state index contributed by atoms with van der Waals surface area (Å²) < 4.78 is 29.1. The van der Waals surface area contributed by atoms with Crippen molar-refractivity contribution in [1.29, 1.82) is 0 Å². The van der Waals surface area contributed by atoms with E-state index < -0.39 is 9.84 Å². The van der Waals surface area contributed by atoms with Gasteiger partial charge >= 0.3 is 0 Å². The molecule has 0 aromatic carbocycles. The Bertz CT molecular complexity index is 858. The fourth-order valence-corrected chi connectivity index (χ4v) is 6.24. The maximum atomic E-state index is 11.3. The van der Waals surface area contributed by atoms with Crippen molar-refractivity contribution in [2.75, 3.05) is 44.8 Å². The number of aryl methyl sites for hydroxylation is 1. The summed E-state index contributed by atoms with van der Waals surface area (Å²) in [5, 5.41) is 1.36. The Morgan fingerprint density at radius 1 is 1.40 bits per heavy atom. The van der Waals surface area contributed by atoms with Gasteiger partial charge in [0.15, 0.2) is 0 Å². The fourth-order valence-electron chi connectivity index (χ4n) is 4.34. The van der Waals surface area contributed by atoms with Crippen LogP contribution in [0.2, 0.25) is 0 Å². The number of ether oxygens (including phenoxy) is 1. The lowest BCUT2D eigenvalue weighted by atomic mass is 9.79. The van der Waals surface area contributed by atoms with Crippen molar-refractivity contribution in [1.82, 2.24) is 9.91 Å². The summed E-state index contributed by atoms with van der Waals surface area (Å²) >= 11 is 1.98. The predicted molar refractivity (Wildman–Crippen MR) is 123 cm³/mol. The molecule has 1 spiro atoms. The van der Waals surface area contributed by atoms with Gasteiger partial charge in [0.1, 0.15) is 9.84 Å². The summed E-state index contributed by atoms with van der Waals surface area (Å²) in [6, 6.07) is 2.39. The number of likely N-dealkylation sites (tertiary alicyclic amines) is 1. The normalized spacial score (nSPS) is 22.3. The molecule has 1 aromatic rings. The molecule has 2 aliphatic heterocycles. The van der Waals surface area contributed by atoms with E-state index in [-0.39, 0.29) is 17.9 Å². The van der Waals surface area contributed by atoms with E-state index in [1.54, 1.807) is 6.20 Å². The standard InChI is InChI=1S/C21H36N4O3S2/c1-4-16-15-28-21(19-12-18(5-2)29-20(16)19)6-8-24(9-7-21)13-17(22)14-25(23)10-11-30(3,26)27/h12,14,16H,4-11,13,15,22-23H2,1-3H3/b17-14-. The van der Waals surface area contributed by atoms with E-state index in [1.165, 1.54) is 26.6 Å². The molecule has 1 atom stereocenters. The van der Waals surface area contributed by atoms with Gasteiger partial charge in [-0.3, -0.25) is 4.90 Å². The first-order chi connectivity index (χ1) is 14.2. The first-order valence-electron chi connectivity index (χ1n) is 10.8. The maximum Gasteiger partial charge on any atom is 0.149 e. The zero-order chi connectivity index (χ0) is 21.9. The fraction of sp³-hybridized carbons (Fsp3) is 0.714. The highest BCUT2D eigenvalue weighted by Crippen LogP contribution is 2.48. The first kappa shape index (κ1) is 23.5. The van der Waals surface area contributed by atoms with Crippen molar-refractivity contribution in [2.45, 2.75) is 51.0 Å². The van der Waals surface area contributed by atoms with Crippen molar-refractivity contribution >= 4 is 21.2 Å². The minimum Gasteiger partial charge on any atom is -0.400 e. The Hall–Kier alpha value is -1.13. The number of rotatable bonds is 8. The largest absolute Gasteiger partial charge is 0.400 e. The molecule has 0 radical (unpaired) electrons. The van der Waals surface area contributed by atoms with Crippen molar-refractivity contribution in [3.63, 3.8) is 0 Å². The van der Waals surface area contributed by atoms with E-state index in [0.29, 0.717) is 18.2 Å². The molecule has 1 aromatic heterocycles. The number of nitrogens with zero attached hydrogens (tertiary/aromatic N) is 2. The van der Waals surface area contributed by atoms with Crippen LogP contribution in [0.15, 0.2) is 18.0 Å². The number of fused-ring (bicyclic) bond motifs is 2. The molecule has 0 bridgehead atoms. The van der Waals surface area contributed by atoms with Crippen LogP contribution in [0.25, 0.3) is 0 Å². The molecule has 1 fully saturated rings. The van der Waals surface area contributed by atoms with Gasteiger partial charge in [0, 0.05) is 60.0 Å². The van der Waals surface area contributed by atoms with Crippen LogP contribution in [-0.4, -0.2) is 63.1 Å². The molecule has 0 saturated carbocycles. The zero-order valence-electron chi connectivity index (χ0n) is 18.4. The molecule has 0 aliphatic carbocycles. The average molecular weight is 457 g/mol. The Morgan fingerprint density at radius 3 is 2.70 bits per heavy atom. The number of thiophene rings is 1. The van der Waals surface area contributed by atoms with Gasteiger partial charge < -0.3 is 15.5 Å². The quantitative estimate of drug-likeness (QED) is 0.456. The molecule has 0 amide bonds. The van der Waals surface area contributed by atoms with Crippen LogP contribution in [0.3, 0.4) is 0 Å². The molecule has 3 rings (SSSR count). The van der Waals surface area contributed by atoms with E-state index in [2.05, 4.69) is 24.8 Å². The number of sulfone groups is 1. The van der Waals surface area contributed by atoms with Crippen LogP contribution < -0.4 is 11.6 Å². The predicted octanol–water partition coefficient (Wildman–Crippen LogP) is 2.15. The molecule has 30 heavy (non-hydrogen) atoms. The van der Waals surface area contributed by atoms with E-state index in [9.17, 15) is 8.42 Å². The third-order valence-corrected chi connectivity index (χ3v) is 8.56. The second-order valence-corrected chi connectivity index (χ2v) is 12.0. The molecular weight excluding hydrogens is 420 g/mol. The molecule has 7 nitrogen and oxygen atoms in total. The molecular formula is C21H36N4O3S2. The van der Waals surface area contributed by atoms with Gasteiger partial charge in [0.2, 0.25) is 0 Å². The highest BCUT2D eigenvalue weighted by Gasteiger charge is 2.44. The summed E-state index contributed by atoms with van der Waals surface area (Å²) in [7, 11) is -3.04. The van der Waals surface area contributed by atoms with Crippen LogP contribution in [0.4, 0.5) is 0 Å². The van der Waals surface area contributed by atoms with Crippen LogP contribution in [0.5, 0.6) is 0 Å². The van der Waals surface area contributed by atoms with E-state index in [4.69, 9.17) is 16.3 Å². The number of hydrogen-bond acceptors (Lipinski definition) is 8. The first-order valence-corrected chi connectivity index (χ1v) is 13.7. The SMILES string of the molecule is CCc1cc2c(s1)C(CC)COC21CCN(C/C(N)=C/N(N)CCS(C)(=O)=O)CC1. The van der Waals surface area contributed by atoms with Crippen molar-refractivity contribution in [3.05, 3.63) is 33.3 Å². The smallest absolute Gasteiger partial charge is 0.149 e. The molecule has 1 saturated heterocycles. The maximum absolute atomic E-state index is 11.3. The summed E-state index contributed by atoms with van der Waals surface area (Å²) in [6.45, 7) is 7.96. The van der Waals surface area contributed by atoms with Crippen molar-refractivity contribution in [2.24, 2.45) is 11.6 Å². The number of hydrazine groups is 1. The second-order valence-electron chi connectivity index (χ2n) is 8.60. The highest BCUT2D eigenvalue weighted by molar-refractivity contribution is 7.90. The average Bonchev–Trinajstić information content (AvgIpc) is 3.14. The number of hydrogen-bond donors (Lipinski definition) is 2. The number of piperidine rings is 1. The molecule has 2 aliphatic rings. The van der Waals surface area contributed by atoms with Gasteiger partial charge in [-0.15, -0.1) is 11.3 Å². The van der Waals surface area contributed by atoms with Crippen LogP contribution in [0.1, 0.15) is 54.3 Å². The van der Waals surface area contributed by atoms with Gasteiger partial charge in [-0.25, -0.2) is 14.3 Å². The lowest BCUT2D eigenvalue weighted by Crippen LogP contribution is -2.47. The second kappa shape index (κ2) is 9.56. The van der Waals surface area contributed by atoms with Gasteiger partial charge in [-0.1, -0.05) is 13.8 Å². The summed E-state index contributed by atoms with van der Waals surface area (Å²) in [4.78, 5) is 5.32. The van der Waals surface area contributed by atoms with Gasteiger partial charge in [0.05, 0.1) is 18.0 Å². The molecule has 3 heterocycles. The minimum absolute atomic E-state index is 0.0122. The summed E-state index contributed by atoms with van der Waals surface area (Å²) in [5.41, 5.74) is 8.08. The van der Waals surface area contributed by atoms with E-state index >= 15 is 0 Å². The Labute approximate surface area is 184 Å². The lowest BCUT2D eigenvalue weighted by Gasteiger charge is -2.45. The molecule has 170 valence electrons. The Balaban J connectivity index is 1.61. The Kier molecular flexibility index (Phi) is 7.50. The van der Waals surface area contributed by atoms with E-state index in [1.807, 2.05) is 11.3 Å². The van der Waals surface area contributed by atoms with Crippen molar-refractivity contribution in [3.8, 4) is 0 Å². The van der Waals surface area contributed by atoms with Crippen molar-refractivity contribution < 1.29 is 13.2 Å². The van der Waals surface area contributed by atoms with Gasteiger partial charge in [0.25, 0.3) is 0 Å². The van der Waals surface area contributed by atoms with Gasteiger partial charge in [-0.05, 0) is 37.3 Å². The highest BCUT2D eigenvalue weighted by atomic mass is 32.2. The Morgan fingerprint density at radius 2 is 2.10 bits per heavy atom. The van der Waals surface area contributed by atoms with E-state index in [0.717, 1.165) is 45.4 Å². The molecule has 1 unspecified atom stereocenters. The van der Waals surface area contributed by atoms with Crippen LogP contribution >= 0.6 is 11.3 Å². The third kappa shape index (κ3) is 5.56. The summed E-state index contributed by atoms with van der Waals surface area (Å²) in [5.74, 6) is 6.40. The van der Waals surface area contributed by atoms with Gasteiger partial charge in [-0.2, -0.15) is 0 Å². The number of nitrogens with two attached hydrogens (primary N) is 2. The third-order valence-electron chi connectivity index (χ3n) is 6.20. The monoisotopic (exact) mass is 456 g/mol. The lowest BCUT2D eigenvalue weighted by molar-refractivity contribution is -0.104. The van der Waals surface area contributed by atoms with Crippen LogP contribution in [-0.2, 0) is 26.6 Å². The zero-order valence-corrected chi connectivity index (χ0v) is 20.0.